The molecular formula is C15H21NO5. The Kier molecular flexibility index (Phi) is 5.55. The molecule has 21 heavy (non-hydrogen) atoms. The molecule has 1 fully saturated rings. The second-order valence-corrected chi connectivity index (χ2v) is 4.79. The van der Waals surface area contributed by atoms with Gasteiger partial charge in [-0.2, -0.15) is 0 Å². The van der Waals surface area contributed by atoms with Gasteiger partial charge in [-0.25, -0.2) is 4.79 Å². The summed E-state index contributed by atoms with van der Waals surface area (Å²) in [6.07, 6.45) is -1.51. The smallest absolute Gasteiger partial charge is 0.412 e. The summed E-state index contributed by atoms with van der Waals surface area (Å²) in [4.78, 5) is 13.7. The van der Waals surface area contributed by atoms with E-state index in [0.29, 0.717) is 6.54 Å². The molecule has 0 radical (unpaired) electrons. The fourth-order valence-electron chi connectivity index (χ4n) is 2.48. The summed E-state index contributed by atoms with van der Waals surface area (Å²) in [6, 6.07) is 9.53. The van der Waals surface area contributed by atoms with E-state index in [0.717, 1.165) is 5.56 Å². The normalized spacial score (nSPS) is 25.1. The number of ether oxygens (including phenoxy) is 4. The van der Waals surface area contributed by atoms with Gasteiger partial charge in [-0.05, 0) is 5.56 Å². The van der Waals surface area contributed by atoms with Crippen molar-refractivity contribution in [3.63, 3.8) is 0 Å². The fourth-order valence-corrected chi connectivity index (χ4v) is 2.48. The topological polar surface area (TPSA) is 57.2 Å². The van der Waals surface area contributed by atoms with Gasteiger partial charge in [0.15, 0.2) is 6.23 Å². The molecule has 3 atom stereocenters. The van der Waals surface area contributed by atoms with Gasteiger partial charge in [0, 0.05) is 21.3 Å². The first-order chi connectivity index (χ1) is 10.2. The van der Waals surface area contributed by atoms with Gasteiger partial charge in [-0.15, -0.1) is 0 Å². The largest absolute Gasteiger partial charge is 0.444 e. The molecule has 0 spiro atoms. The molecule has 0 N–H and O–H groups in total. The van der Waals surface area contributed by atoms with E-state index >= 15 is 0 Å². The number of carbonyl (C=O) groups excluding carboxylic acids is 1. The second kappa shape index (κ2) is 7.40. The second-order valence-electron chi connectivity index (χ2n) is 4.79. The summed E-state index contributed by atoms with van der Waals surface area (Å²) in [5.41, 5.74) is 0.936. The monoisotopic (exact) mass is 295 g/mol. The lowest BCUT2D eigenvalue weighted by Gasteiger charge is -2.25. The maximum Gasteiger partial charge on any atom is 0.412 e. The molecule has 1 unspecified atom stereocenters. The Labute approximate surface area is 124 Å². The van der Waals surface area contributed by atoms with Crippen LogP contribution in [0.1, 0.15) is 5.56 Å². The summed E-state index contributed by atoms with van der Waals surface area (Å²) in [5, 5.41) is 0. The minimum atomic E-state index is -0.511. The van der Waals surface area contributed by atoms with Gasteiger partial charge in [-0.1, -0.05) is 30.3 Å². The molecule has 0 aromatic heterocycles. The molecule has 1 amide bonds. The van der Waals surface area contributed by atoms with Gasteiger partial charge in [0.05, 0.1) is 6.54 Å². The van der Waals surface area contributed by atoms with Crippen molar-refractivity contribution in [3.05, 3.63) is 35.9 Å². The molecule has 1 aromatic carbocycles. The SMILES string of the molecule is COC1CN(C(=O)OCc2ccccc2)[C@H](OC)[C@@H]1OC. The average Bonchev–Trinajstić information content (AvgIpc) is 2.91. The van der Waals surface area contributed by atoms with Crippen molar-refractivity contribution >= 4 is 6.09 Å². The third kappa shape index (κ3) is 3.53. The number of benzene rings is 1. The summed E-state index contributed by atoms with van der Waals surface area (Å²) < 4.78 is 21.4. The number of hydrogen-bond acceptors (Lipinski definition) is 5. The quantitative estimate of drug-likeness (QED) is 0.826. The Balaban J connectivity index is 1.98. The van der Waals surface area contributed by atoms with E-state index in [-0.39, 0.29) is 18.8 Å². The first-order valence-electron chi connectivity index (χ1n) is 6.77. The Morgan fingerprint density at radius 1 is 1.14 bits per heavy atom. The summed E-state index contributed by atoms with van der Waals surface area (Å²) in [6.45, 7) is 0.600. The fraction of sp³-hybridized carbons (Fsp3) is 0.533. The van der Waals surface area contributed by atoms with Gasteiger partial charge in [0.25, 0.3) is 0 Å². The highest BCUT2D eigenvalue weighted by Crippen LogP contribution is 2.24. The maximum absolute atomic E-state index is 12.2. The van der Waals surface area contributed by atoms with Crippen LogP contribution in [-0.4, -0.2) is 57.3 Å². The molecule has 6 heteroatoms. The highest BCUT2D eigenvalue weighted by Gasteiger charge is 2.45. The highest BCUT2D eigenvalue weighted by molar-refractivity contribution is 5.68. The Bertz CT molecular complexity index is 453. The zero-order chi connectivity index (χ0) is 15.2. The van der Waals surface area contributed by atoms with Gasteiger partial charge in [0.2, 0.25) is 0 Å². The first-order valence-corrected chi connectivity index (χ1v) is 6.77. The van der Waals surface area contributed by atoms with E-state index in [1.165, 1.54) is 12.0 Å². The van der Waals surface area contributed by atoms with Crippen LogP contribution in [0.5, 0.6) is 0 Å². The van der Waals surface area contributed by atoms with E-state index in [1.807, 2.05) is 30.3 Å². The Hall–Kier alpha value is -1.63. The molecule has 1 aliphatic heterocycles. The van der Waals surface area contributed by atoms with E-state index in [1.54, 1.807) is 14.2 Å². The predicted molar refractivity (Wildman–Crippen MR) is 75.7 cm³/mol. The molecule has 6 nitrogen and oxygen atoms in total. The number of likely N-dealkylation sites (tertiary alicyclic amines) is 1. The molecule has 1 saturated heterocycles. The van der Waals surface area contributed by atoms with Gasteiger partial charge in [-0.3, -0.25) is 4.90 Å². The van der Waals surface area contributed by atoms with Crippen LogP contribution in [0.4, 0.5) is 4.79 Å². The molecule has 116 valence electrons. The number of rotatable bonds is 5. The van der Waals surface area contributed by atoms with Crippen molar-refractivity contribution < 1.29 is 23.7 Å². The van der Waals surface area contributed by atoms with Gasteiger partial charge >= 0.3 is 6.09 Å². The minimum absolute atomic E-state index is 0.224. The lowest BCUT2D eigenvalue weighted by atomic mass is 10.2. The van der Waals surface area contributed by atoms with Crippen LogP contribution < -0.4 is 0 Å². The zero-order valence-electron chi connectivity index (χ0n) is 12.5. The third-order valence-electron chi connectivity index (χ3n) is 3.59. The first kappa shape index (κ1) is 15.8. The van der Waals surface area contributed by atoms with Crippen molar-refractivity contribution in [1.29, 1.82) is 0 Å². The van der Waals surface area contributed by atoms with Crippen molar-refractivity contribution in [2.45, 2.75) is 25.0 Å². The summed E-state index contributed by atoms with van der Waals surface area (Å²) in [7, 11) is 4.69. The number of nitrogens with zero attached hydrogens (tertiary/aromatic N) is 1. The standard InChI is InChI=1S/C15H21NO5/c1-18-12-9-16(14(20-3)13(12)19-2)15(17)21-10-11-7-5-4-6-8-11/h4-8,12-14H,9-10H2,1-3H3/t12?,13-,14-/m1/s1. The van der Waals surface area contributed by atoms with Crippen LogP contribution in [0, 0.1) is 0 Å². The summed E-state index contributed by atoms with van der Waals surface area (Å²) in [5.74, 6) is 0. The molecule has 2 rings (SSSR count). The molecule has 1 aromatic rings. The maximum atomic E-state index is 12.2. The zero-order valence-corrected chi connectivity index (χ0v) is 12.5. The lowest BCUT2D eigenvalue weighted by Crippen LogP contribution is -2.42. The van der Waals surface area contributed by atoms with Gasteiger partial charge in [0.1, 0.15) is 18.8 Å². The van der Waals surface area contributed by atoms with Crippen LogP contribution in [0.15, 0.2) is 30.3 Å². The number of methoxy groups -OCH3 is 3. The average molecular weight is 295 g/mol. The van der Waals surface area contributed by atoms with Crippen molar-refractivity contribution in [3.8, 4) is 0 Å². The van der Waals surface area contributed by atoms with Crippen LogP contribution in [-0.2, 0) is 25.6 Å². The van der Waals surface area contributed by atoms with E-state index < -0.39 is 12.3 Å². The van der Waals surface area contributed by atoms with Gasteiger partial charge < -0.3 is 18.9 Å². The molecule has 0 saturated carbocycles. The van der Waals surface area contributed by atoms with Crippen molar-refractivity contribution in [2.75, 3.05) is 27.9 Å². The van der Waals surface area contributed by atoms with E-state index in [2.05, 4.69) is 0 Å². The number of hydrogen-bond donors (Lipinski definition) is 0. The van der Waals surface area contributed by atoms with Crippen molar-refractivity contribution in [2.24, 2.45) is 0 Å². The highest BCUT2D eigenvalue weighted by atomic mass is 16.6. The van der Waals surface area contributed by atoms with Crippen LogP contribution in [0.25, 0.3) is 0 Å². The Morgan fingerprint density at radius 2 is 1.86 bits per heavy atom. The van der Waals surface area contributed by atoms with Crippen molar-refractivity contribution in [1.82, 2.24) is 4.90 Å². The lowest BCUT2D eigenvalue weighted by molar-refractivity contribution is -0.0965. The van der Waals surface area contributed by atoms with Crippen LogP contribution in [0.3, 0.4) is 0 Å². The van der Waals surface area contributed by atoms with Crippen LogP contribution in [0.2, 0.25) is 0 Å². The molecule has 0 aliphatic carbocycles. The summed E-state index contributed by atoms with van der Waals surface area (Å²) >= 11 is 0. The molecular weight excluding hydrogens is 274 g/mol. The molecule has 1 heterocycles. The van der Waals surface area contributed by atoms with Crippen LogP contribution >= 0.6 is 0 Å². The minimum Gasteiger partial charge on any atom is -0.444 e. The third-order valence-corrected chi connectivity index (χ3v) is 3.59. The molecule has 0 bridgehead atoms. The number of carbonyl (C=O) groups is 1. The van der Waals surface area contributed by atoms with E-state index in [4.69, 9.17) is 18.9 Å². The Morgan fingerprint density at radius 3 is 2.43 bits per heavy atom. The predicted octanol–water partition coefficient (Wildman–Crippen LogP) is 1.64. The number of amides is 1. The van der Waals surface area contributed by atoms with E-state index in [9.17, 15) is 4.79 Å². The molecule has 1 aliphatic rings.